The Bertz CT molecular complexity index is 591. The summed E-state index contributed by atoms with van der Waals surface area (Å²) < 4.78 is 0. The highest BCUT2D eigenvalue weighted by atomic mass is 16.2. The van der Waals surface area contributed by atoms with Crippen LogP contribution in [0.4, 0.5) is 0 Å². The normalized spacial score (nSPS) is 11.7. The number of allylic oxidation sites excluding steroid dienone is 4. The van der Waals surface area contributed by atoms with Crippen LogP contribution in [0.2, 0.25) is 0 Å². The smallest absolute Gasteiger partial charge is 0.243 e. The molecular formula is C38H72N2O2. The van der Waals surface area contributed by atoms with E-state index in [9.17, 15) is 9.59 Å². The van der Waals surface area contributed by atoms with Crippen molar-refractivity contribution in [2.24, 2.45) is 0 Å². The molecule has 0 unspecified atom stereocenters. The van der Waals surface area contributed by atoms with Crippen LogP contribution >= 0.6 is 0 Å². The monoisotopic (exact) mass is 589 g/mol. The van der Waals surface area contributed by atoms with Gasteiger partial charge in [-0.2, -0.15) is 0 Å². The van der Waals surface area contributed by atoms with E-state index in [-0.39, 0.29) is 11.8 Å². The molecule has 2 amide bonds. The summed E-state index contributed by atoms with van der Waals surface area (Å²) in [5.41, 5.74) is 3.01. The molecule has 0 aliphatic carbocycles. The van der Waals surface area contributed by atoms with Crippen molar-refractivity contribution in [3.63, 3.8) is 0 Å². The molecule has 246 valence electrons. The van der Waals surface area contributed by atoms with Crippen molar-refractivity contribution in [1.82, 2.24) is 10.4 Å². The van der Waals surface area contributed by atoms with Gasteiger partial charge in [0.05, 0.1) is 0 Å². The number of nitrogens with zero attached hydrogens (tertiary/aromatic N) is 1. The third kappa shape index (κ3) is 28.7. The highest BCUT2D eigenvalue weighted by Crippen LogP contribution is 2.13. The summed E-state index contributed by atoms with van der Waals surface area (Å²) in [6.07, 6.45) is 42.7. The van der Waals surface area contributed by atoms with E-state index in [1.807, 2.05) is 6.92 Å². The van der Waals surface area contributed by atoms with Crippen LogP contribution < -0.4 is 5.43 Å². The maximum absolute atomic E-state index is 12.7. The summed E-state index contributed by atoms with van der Waals surface area (Å²) in [5.74, 6) is -0.126. The number of rotatable bonds is 32. The van der Waals surface area contributed by atoms with Crippen LogP contribution in [0, 0.1) is 0 Å². The lowest BCUT2D eigenvalue weighted by Gasteiger charge is -2.21. The molecule has 0 aromatic carbocycles. The summed E-state index contributed by atoms with van der Waals surface area (Å²) in [7, 11) is 0. The number of carbonyl (C=O) groups is 2. The Labute approximate surface area is 262 Å². The Kier molecular flexibility index (Phi) is 32.9. The van der Waals surface area contributed by atoms with Gasteiger partial charge in [0.25, 0.3) is 0 Å². The highest BCUT2D eigenvalue weighted by Gasteiger charge is 2.19. The molecule has 0 heterocycles. The second kappa shape index (κ2) is 34.1. The number of hydrazine groups is 1. The zero-order chi connectivity index (χ0) is 30.8. The van der Waals surface area contributed by atoms with Crippen LogP contribution in [0.3, 0.4) is 0 Å². The molecule has 0 rings (SSSR count). The van der Waals surface area contributed by atoms with E-state index >= 15 is 0 Å². The minimum absolute atomic E-state index is 0.0628. The van der Waals surface area contributed by atoms with E-state index in [0.717, 1.165) is 25.7 Å². The average Bonchev–Trinajstić information content (AvgIpc) is 2.99. The van der Waals surface area contributed by atoms with E-state index in [0.29, 0.717) is 19.4 Å². The van der Waals surface area contributed by atoms with Gasteiger partial charge in [0.15, 0.2) is 0 Å². The van der Waals surface area contributed by atoms with Gasteiger partial charge in [-0.25, -0.2) is 10.4 Å². The lowest BCUT2D eigenvalue weighted by Crippen LogP contribution is -2.46. The van der Waals surface area contributed by atoms with Crippen LogP contribution in [-0.4, -0.2) is 23.4 Å². The van der Waals surface area contributed by atoms with Gasteiger partial charge in [-0.05, 0) is 64.2 Å². The largest absolute Gasteiger partial charge is 0.273 e. The molecule has 0 aliphatic rings. The first kappa shape index (κ1) is 40.6. The topological polar surface area (TPSA) is 49.4 Å². The summed E-state index contributed by atoms with van der Waals surface area (Å²) in [6, 6.07) is 0. The Morgan fingerprint density at radius 1 is 0.429 bits per heavy atom. The first-order chi connectivity index (χ1) is 20.7. The average molecular weight is 589 g/mol. The van der Waals surface area contributed by atoms with Crippen LogP contribution in [-0.2, 0) is 9.59 Å². The molecule has 0 fully saturated rings. The van der Waals surface area contributed by atoms with Crippen molar-refractivity contribution >= 4 is 11.8 Å². The van der Waals surface area contributed by atoms with E-state index in [4.69, 9.17) is 0 Å². The van der Waals surface area contributed by atoms with Gasteiger partial charge in [-0.15, -0.1) is 0 Å². The number of hydrogen-bond donors (Lipinski definition) is 1. The van der Waals surface area contributed by atoms with Crippen LogP contribution in [0.1, 0.15) is 201 Å². The van der Waals surface area contributed by atoms with Crippen molar-refractivity contribution in [2.75, 3.05) is 6.54 Å². The van der Waals surface area contributed by atoms with Gasteiger partial charge in [0.2, 0.25) is 11.8 Å². The molecule has 42 heavy (non-hydrogen) atoms. The third-order valence-electron chi connectivity index (χ3n) is 8.12. The molecule has 0 bridgehead atoms. The minimum atomic E-state index is -0.0628. The second-order valence-electron chi connectivity index (χ2n) is 12.3. The predicted molar refractivity (Wildman–Crippen MR) is 184 cm³/mol. The van der Waals surface area contributed by atoms with E-state index in [1.165, 1.54) is 146 Å². The van der Waals surface area contributed by atoms with E-state index < -0.39 is 0 Å². The Hall–Kier alpha value is -1.42. The predicted octanol–water partition coefficient (Wildman–Crippen LogP) is 11.9. The third-order valence-corrected chi connectivity index (χ3v) is 8.12. The maximum Gasteiger partial charge on any atom is 0.243 e. The van der Waals surface area contributed by atoms with Crippen LogP contribution in [0.5, 0.6) is 0 Å². The standard InChI is InChI=1S/C38H72N2O2/c1-4-7-9-11-13-15-17-19-21-23-25-27-29-31-33-35-37(41)40(39-6-3)38(42)36-34-32-30-28-26-24-22-20-18-16-14-12-10-8-5-2/h19-22,39H,4-18,23-36H2,1-3H3/b21-19-,22-20-. The zero-order valence-corrected chi connectivity index (χ0v) is 28.6. The lowest BCUT2D eigenvalue weighted by atomic mass is 10.1. The maximum atomic E-state index is 12.7. The van der Waals surface area contributed by atoms with Gasteiger partial charge in [-0.1, -0.05) is 148 Å². The first-order valence-electron chi connectivity index (χ1n) is 18.6. The number of carbonyl (C=O) groups excluding carboxylic acids is 2. The van der Waals surface area contributed by atoms with Gasteiger partial charge in [0.1, 0.15) is 0 Å². The van der Waals surface area contributed by atoms with Crippen molar-refractivity contribution < 1.29 is 9.59 Å². The molecule has 0 saturated heterocycles. The van der Waals surface area contributed by atoms with Crippen molar-refractivity contribution in [3.05, 3.63) is 24.3 Å². The van der Waals surface area contributed by atoms with Crippen molar-refractivity contribution in [1.29, 1.82) is 0 Å². The fourth-order valence-electron chi connectivity index (χ4n) is 5.39. The molecule has 4 heteroatoms. The second-order valence-corrected chi connectivity index (χ2v) is 12.3. The molecule has 4 nitrogen and oxygen atoms in total. The Morgan fingerprint density at radius 3 is 1.02 bits per heavy atom. The van der Waals surface area contributed by atoms with Gasteiger partial charge < -0.3 is 0 Å². The van der Waals surface area contributed by atoms with E-state index in [1.54, 1.807) is 0 Å². The number of nitrogens with one attached hydrogen (secondary N) is 1. The number of amides is 2. The number of imide groups is 1. The van der Waals surface area contributed by atoms with Crippen molar-refractivity contribution in [2.45, 2.75) is 201 Å². The molecule has 0 aromatic rings. The van der Waals surface area contributed by atoms with Crippen LogP contribution in [0.15, 0.2) is 24.3 Å². The molecule has 0 radical (unpaired) electrons. The first-order valence-corrected chi connectivity index (χ1v) is 18.6. The summed E-state index contributed by atoms with van der Waals surface area (Å²) >= 11 is 0. The molecule has 0 atom stereocenters. The zero-order valence-electron chi connectivity index (χ0n) is 28.6. The molecular weight excluding hydrogens is 516 g/mol. The molecule has 0 spiro atoms. The summed E-state index contributed by atoms with van der Waals surface area (Å²) in [5, 5.41) is 1.31. The fourth-order valence-corrected chi connectivity index (χ4v) is 5.39. The van der Waals surface area contributed by atoms with Gasteiger partial charge in [0, 0.05) is 19.4 Å². The quantitative estimate of drug-likeness (QED) is 0.0483. The summed E-state index contributed by atoms with van der Waals surface area (Å²) in [6.45, 7) is 7.07. The summed E-state index contributed by atoms with van der Waals surface area (Å²) in [4.78, 5) is 25.4. The number of unbranched alkanes of at least 4 members (excludes halogenated alkanes) is 22. The van der Waals surface area contributed by atoms with Crippen molar-refractivity contribution in [3.8, 4) is 0 Å². The number of hydrogen-bond acceptors (Lipinski definition) is 3. The fraction of sp³-hybridized carbons (Fsp3) is 0.842. The molecule has 0 aromatic heterocycles. The SMILES string of the molecule is CCCCCCCC/C=C\CCCCCCCC(=O)N(NCC)C(=O)CCCCCCC/C=C\CCCCCCCC. The highest BCUT2D eigenvalue weighted by molar-refractivity contribution is 5.94. The molecule has 1 N–H and O–H groups in total. The Balaban J connectivity index is 3.74. The van der Waals surface area contributed by atoms with E-state index in [2.05, 4.69) is 43.6 Å². The van der Waals surface area contributed by atoms with Crippen LogP contribution in [0.25, 0.3) is 0 Å². The lowest BCUT2D eigenvalue weighted by molar-refractivity contribution is -0.148. The van der Waals surface area contributed by atoms with Gasteiger partial charge in [-0.3, -0.25) is 9.59 Å². The van der Waals surface area contributed by atoms with Gasteiger partial charge >= 0.3 is 0 Å². The minimum Gasteiger partial charge on any atom is -0.273 e. The molecule has 0 saturated carbocycles. The Morgan fingerprint density at radius 2 is 0.714 bits per heavy atom. The molecule has 0 aliphatic heterocycles.